The molecule has 3 nitrogen and oxygen atoms in total. The van der Waals surface area contributed by atoms with Crippen LogP contribution in [0, 0.1) is 5.92 Å². The van der Waals surface area contributed by atoms with E-state index in [0.717, 1.165) is 37.4 Å². The Labute approximate surface area is 173 Å². The third-order valence-electron chi connectivity index (χ3n) is 4.86. The average molecular weight is 420 g/mol. The minimum absolute atomic E-state index is 0. The summed E-state index contributed by atoms with van der Waals surface area (Å²) in [4.78, 5) is 17.0. The van der Waals surface area contributed by atoms with Gasteiger partial charge in [0.15, 0.2) is 0 Å². The van der Waals surface area contributed by atoms with Gasteiger partial charge in [0.05, 0.1) is 10.0 Å². The van der Waals surface area contributed by atoms with Gasteiger partial charge < -0.3 is 9.80 Å². The Balaban J connectivity index is 0.00000338. The summed E-state index contributed by atoms with van der Waals surface area (Å²) in [6, 6.07) is 5.74. The SMILES string of the molecule is CC1CCC(N(CCN(C)C)C(=O)C=Cc2ccc(Cl)c(Cl)c2)CC1.Cl. The number of rotatable bonds is 6. The summed E-state index contributed by atoms with van der Waals surface area (Å²) in [5.41, 5.74) is 0.882. The smallest absolute Gasteiger partial charge is 0.246 e. The molecule has 26 heavy (non-hydrogen) atoms. The number of hydrogen-bond acceptors (Lipinski definition) is 2. The van der Waals surface area contributed by atoms with Gasteiger partial charge in [-0.3, -0.25) is 4.79 Å². The third kappa shape index (κ3) is 7.11. The average Bonchev–Trinajstić information content (AvgIpc) is 2.57. The highest BCUT2D eigenvalue weighted by Gasteiger charge is 2.26. The molecule has 2 rings (SSSR count). The Morgan fingerprint density at radius 1 is 1.12 bits per heavy atom. The number of nitrogens with zero attached hydrogens (tertiary/aromatic N) is 2. The Morgan fingerprint density at radius 3 is 2.35 bits per heavy atom. The number of carbonyl (C=O) groups is 1. The number of halogens is 3. The van der Waals surface area contributed by atoms with Crippen molar-refractivity contribution < 1.29 is 4.79 Å². The molecule has 1 amide bonds. The molecule has 1 aliphatic carbocycles. The first-order valence-corrected chi connectivity index (χ1v) is 9.71. The second-order valence-electron chi connectivity index (χ2n) is 7.26. The van der Waals surface area contributed by atoms with Crippen LogP contribution in [0.3, 0.4) is 0 Å². The minimum atomic E-state index is 0. The zero-order chi connectivity index (χ0) is 18.4. The van der Waals surface area contributed by atoms with Crippen molar-refractivity contribution in [2.45, 2.75) is 38.6 Å². The number of likely N-dealkylation sites (N-methyl/N-ethyl adjacent to an activating group) is 1. The quantitative estimate of drug-likeness (QED) is 0.576. The molecule has 1 aliphatic rings. The Bertz CT molecular complexity index is 611. The van der Waals surface area contributed by atoms with Crippen molar-refractivity contribution in [3.8, 4) is 0 Å². The molecule has 0 heterocycles. The van der Waals surface area contributed by atoms with Crippen LogP contribution >= 0.6 is 35.6 Å². The molecule has 0 atom stereocenters. The number of hydrogen-bond donors (Lipinski definition) is 0. The zero-order valence-corrected chi connectivity index (χ0v) is 18.1. The van der Waals surface area contributed by atoms with E-state index < -0.39 is 0 Å². The maximum absolute atomic E-state index is 12.8. The van der Waals surface area contributed by atoms with Gasteiger partial charge >= 0.3 is 0 Å². The van der Waals surface area contributed by atoms with Crippen LogP contribution in [0.25, 0.3) is 6.08 Å². The van der Waals surface area contributed by atoms with Crippen LogP contribution in [-0.4, -0.2) is 48.9 Å². The van der Waals surface area contributed by atoms with Crippen LogP contribution < -0.4 is 0 Å². The highest BCUT2D eigenvalue weighted by atomic mass is 35.5. The van der Waals surface area contributed by atoms with Crippen LogP contribution in [-0.2, 0) is 4.79 Å². The fourth-order valence-electron chi connectivity index (χ4n) is 3.21. The van der Waals surface area contributed by atoms with E-state index in [1.165, 1.54) is 12.8 Å². The van der Waals surface area contributed by atoms with Crippen LogP contribution in [0.1, 0.15) is 38.2 Å². The van der Waals surface area contributed by atoms with Crippen LogP contribution in [0.4, 0.5) is 0 Å². The molecule has 0 spiro atoms. The summed E-state index contributed by atoms with van der Waals surface area (Å²) in [5, 5.41) is 1.02. The van der Waals surface area contributed by atoms with Gasteiger partial charge in [-0.25, -0.2) is 0 Å². The molecular formula is C20H29Cl3N2O. The largest absolute Gasteiger partial charge is 0.335 e. The molecule has 0 aliphatic heterocycles. The van der Waals surface area contributed by atoms with Gasteiger partial charge in [0.1, 0.15) is 0 Å². The molecule has 6 heteroatoms. The van der Waals surface area contributed by atoms with Crippen molar-refractivity contribution in [2.75, 3.05) is 27.2 Å². The maximum Gasteiger partial charge on any atom is 0.246 e. The molecule has 146 valence electrons. The number of amides is 1. The van der Waals surface area contributed by atoms with E-state index in [1.54, 1.807) is 18.2 Å². The molecule has 0 unspecified atom stereocenters. The van der Waals surface area contributed by atoms with Crippen LogP contribution in [0.5, 0.6) is 0 Å². The number of carbonyl (C=O) groups excluding carboxylic acids is 1. The molecule has 0 saturated heterocycles. The Kier molecular flexibility index (Phi) is 10.0. The predicted molar refractivity (Wildman–Crippen MR) is 114 cm³/mol. The lowest BCUT2D eigenvalue weighted by molar-refractivity contribution is -0.129. The molecule has 0 bridgehead atoms. The first-order valence-electron chi connectivity index (χ1n) is 8.95. The lowest BCUT2D eigenvalue weighted by atomic mass is 9.86. The Hall–Kier alpha value is -0.740. The normalized spacial score (nSPS) is 20.2. The van der Waals surface area contributed by atoms with E-state index in [2.05, 4.69) is 11.8 Å². The van der Waals surface area contributed by atoms with E-state index in [4.69, 9.17) is 23.2 Å². The second-order valence-corrected chi connectivity index (χ2v) is 8.07. The van der Waals surface area contributed by atoms with E-state index >= 15 is 0 Å². The first kappa shape index (κ1) is 23.3. The maximum atomic E-state index is 12.8. The molecule has 1 fully saturated rings. The summed E-state index contributed by atoms with van der Waals surface area (Å²) in [6.45, 7) is 3.93. The lowest BCUT2D eigenvalue weighted by Crippen LogP contribution is -2.44. The summed E-state index contributed by atoms with van der Waals surface area (Å²) >= 11 is 12.0. The van der Waals surface area contributed by atoms with Crippen molar-refractivity contribution in [2.24, 2.45) is 5.92 Å². The van der Waals surface area contributed by atoms with Crippen LogP contribution in [0.15, 0.2) is 24.3 Å². The van der Waals surface area contributed by atoms with Crippen molar-refractivity contribution in [1.29, 1.82) is 0 Å². The molecule has 1 aromatic carbocycles. The lowest BCUT2D eigenvalue weighted by Gasteiger charge is -2.36. The summed E-state index contributed by atoms with van der Waals surface area (Å²) < 4.78 is 0. The fraction of sp³-hybridized carbons (Fsp3) is 0.550. The fourth-order valence-corrected chi connectivity index (χ4v) is 3.52. The molecule has 0 aromatic heterocycles. The minimum Gasteiger partial charge on any atom is -0.335 e. The molecular weight excluding hydrogens is 391 g/mol. The van der Waals surface area contributed by atoms with Gasteiger partial charge in [-0.2, -0.15) is 0 Å². The van der Waals surface area contributed by atoms with E-state index in [0.29, 0.717) is 16.1 Å². The second kappa shape index (κ2) is 11.2. The van der Waals surface area contributed by atoms with Crippen molar-refractivity contribution in [3.63, 3.8) is 0 Å². The van der Waals surface area contributed by atoms with Gasteiger partial charge in [-0.1, -0.05) is 36.2 Å². The van der Waals surface area contributed by atoms with Crippen molar-refractivity contribution in [3.05, 3.63) is 39.9 Å². The van der Waals surface area contributed by atoms with Gasteiger partial charge in [0, 0.05) is 25.2 Å². The van der Waals surface area contributed by atoms with Crippen molar-refractivity contribution in [1.82, 2.24) is 9.80 Å². The van der Waals surface area contributed by atoms with Crippen LogP contribution in [0.2, 0.25) is 10.0 Å². The third-order valence-corrected chi connectivity index (χ3v) is 5.60. The monoisotopic (exact) mass is 418 g/mol. The van der Waals surface area contributed by atoms with Gasteiger partial charge in [0.25, 0.3) is 0 Å². The molecule has 1 aromatic rings. The molecule has 0 radical (unpaired) electrons. The molecule has 0 N–H and O–H groups in total. The molecule has 1 saturated carbocycles. The number of benzene rings is 1. The van der Waals surface area contributed by atoms with Gasteiger partial charge in [0.2, 0.25) is 5.91 Å². The predicted octanol–water partition coefficient (Wildman–Crippen LogP) is 5.40. The summed E-state index contributed by atoms with van der Waals surface area (Å²) in [6.07, 6.45) is 8.08. The van der Waals surface area contributed by atoms with Gasteiger partial charge in [-0.15, -0.1) is 12.4 Å². The Morgan fingerprint density at radius 2 is 1.77 bits per heavy atom. The highest BCUT2D eigenvalue weighted by Crippen LogP contribution is 2.27. The first-order chi connectivity index (χ1) is 11.9. The van der Waals surface area contributed by atoms with E-state index in [-0.39, 0.29) is 18.3 Å². The van der Waals surface area contributed by atoms with Gasteiger partial charge in [-0.05, 0) is 69.5 Å². The van der Waals surface area contributed by atoms with E-state index in [1.807, 2.05) is 31.1 Å². The topological polar surface area (TPSA) is 23.6 Å². The standard InChI is InChI=1S/C20H28Cl2N2O.ClH/c1-15-4-8-17(9-5-15)24(13-12-23(2)3)20(25)11-7-16-6-10-18(21)19(22)14-16;/h6-7,10-11,14-15,17H,4-5,8-9,12-13H2,1-3H3;1H. The highest BCUT2D eigenvalue weighted by molar-refractivity contribution is 6.42. The zero-order valence-electron chi connectivity index (χ0n) is 15.8. The van der Waals surface area contributed by atoms with E-state index in [9.17, 15) is 4.79 Å². The van der Waals surface area contributed by atoms with Crippen molar-refractivity contribution >= 4 is 47.6 Å². The summed E-state index contributed by atoms with van der Waals surface area (Å²) in [5.74, 6) is 0.848. The summed E-state index contributed by atoms with van der Waals surface area (Å²) in [7, 11) is 4.08.